The number of benzene rings is 2. The van der Waals surface area contributed by atoms with Crippen molar-refractivity contribution in [2.24, 2.45) is 0 Å². The Balaban J connectivity index is 1.23. The predicted octanol–water partition coefficient (Wildman–Crippen LogP) is 4.70. The first-order valence-corrected chi connectivity index (χ1v) is 10.6. The lowest BCUT2D eigenvalue weighted by atomic mass is 9.96. The number of para-hydroxylation sites is 3. The Labute approximate surface area is 185 Å². The number of nitrogens with one attached hydrogen (secondary N) is 1. The van der Waals surface area contributed by atoms with E-state index in [-0.39, 0.29) is 11.9 Å². The molecule has 32 heavy (non-hydrogen) atoms. The van der Waals surface area contributed by atoms with Gasteiger partial charge in [-0.05, 0) is 37.1 Å². The Kier molecular flexibility index (Phi) is 5.41. The van der Waals surface area contributed by atoms with Gasteiger partial charge in [-0.2, -0.15) is 4.98 Å². The van der Waals surface area contributed by atoms with Crippen LogP contribution in [0.4, 0.5) is 10.5 Å². The molecule has 4 aromatic rings. The van der Waals surface area contributed by atoms with E-state index in [0.29, 0.717) is 41.9 Å². The van der Waals surface area contributed by atoms with Crippen LogP contribution in [0.15, 0.2) is 65.2 Å². The lowest BCUT2D eigenvalue weighted by Crippen LogP contribution is -2.40. The van der Waals surface area contributed by atoms with Crippen molar-refractivity contribution in [1.29, 1.82) is 0 Å². The topological polar surface area (TPSA) is 93.4 Å². The molecule has 2 amide bonds. The molecule has 1 aliphatic heterocycles. The van der Waals surface area contributed by atoms with Crippen LogP contribution in [0.2, 0.25) is 0 Å². The molecule has 0 spiro atoms. The van der Waals surface area contributed by atoms with Crippen LogP contribution in [0.1, 0.15) is 24.6 Å². The Morgan fingerprint density at radius 2 is 1.81 bits per heavy atom. The number of nitrogens with zero attached hydrogens (tertiary/aromatic N) is 4. The zero-order chi connectivity index (χ0) is 21.9. The van der Waals surface area contributed by atoms with Gasteiger partial charge < -0.3 is 19.5 Å². The van der Waals surface area contributed by atoms with E-state index in [1.54, 1.807) is 12.0 Å². The van der Waals surface area contributed by atoms with Gasteiger partial charge in [-0.15, -0.1) is 0 Å². The first-order valence-electron chi connectivity index (χ1n) is 10.6. The SMILES string of the molecule is COc1ccccc1NC(=O)N1CCC(c2noc(-c3ccc4ccccc4n3)n2)CC1. The second kappa shape index (κ2) is 8.66. The van der Waals surface area contributed by atoms with Gasteiger partial charge in [-0.25, -0.2) is 9.78 Å². The number of hydrogen-bond acceptors (Lipinski definition) is 6. The molecule has 0 bridgehead atoms. The van der Waals surface area contributed by atoms with Crippen molar-refractivity contribution in [3.8, 4) is 17.3 Å². The van der Waals surface area contributed by atoms with Crippen molar-refractivity contribution in [2.45, 2.75) is 18.8 Å². The maximum absolute atomic E-state index is 12.7. The van der Waals surface area contributed by atoms with Gasteiger partial charge in [0, 0.05) is 24.4 Å². The molecule has 2 aromatic heterocycles. The summed E-state index contributed by atoms with van der Waals surface area (Å²) in [7, 11) is 1.59. The van der Waals surface area contributed by atoms with Crippen molar-refractivity contribution in [1.82, 2.24) is 20.0 Å². The maximum Gasteiger partial charge on any atom is 0.321 e. The summed E-state index contributed by atoms with van der Waals surface area (Å²) in [4.78, 5) is 23.7. The number of rotatable bonds is 4. The van der Waals surface area contributed by atoms with Crippen LogP contribution in [-0.4, -0.2) is 46.3 Å². The van der Waals surface area contributed by atoms with Crippen molar-refractivity contribution in [3.05, 3.63) is 66.5 Å². The van der Waals surface area contributed by atoms with Crippen molar-refractivity contribution in [2.75, 3.05) is 25.5 Å². The van der Waals surface area contributed by atoms with Crippen LogP contribution in [0, 0.1) is 0 Å². The van der Waals surface area contributed by atoms with Crippen LogP contribution in [0.25, 0.3) is 22.5 Å². The molecule has 8 heteroatoms. The molecular formula is C24H23N5O3. The lowest BCUT2D eigenvalue weighted by molar-refractivity contribution is 0.193. The lowest BCUT2D eigenvalue weighted by Gasteiger charge is -2.30. The van der Waals surface area contributed by atoms with Crippen molar-refractivity contribution >= 4 is 22.6 Å². The second-order valence-corrected chi connectivity index (χ2v) is 7.74. The zero-order valence-electron chi connectivity index (χ0n) is 17.7. The molecule has 8 nitrogen and oxygen atoms in total. The van der Waals surface area contributed by atoms with E-state index in [4.69, 9.17) is 9.26 Å². The minimum absolute atomic E-state index is 0.137. The van der Waals surface area contributed by atoms with Gasteiger partial charge in [0.25, 0.3) is 5.89 Å². The van der Waals surface area contributed by atoms with Gasteiger partial charge in [0.05, 0.1) is 18.3 Å². The summed E-state index contributed by atoms with van der Waals surface area (Å²) in [5.74, 6) is 1.86. The highest BCUT2D eigenvalue weighted by Crippen LogP contribution is 2.29. The fraction of sp³-hybridized carbons (Fsp3) is 0.250. The van der Waals surface area contributed by atoms with Crippen LogP contribution >= 0.6 is 0 Å². The Morgan fingerprint density at radius 1 is 1.03 bits per heavy atom. The third-order valence-electron chi connectivity index (χ3n) is 5.76. The molecule has 1 N–H and O–H groups in total. The highest BCUT2D eigenvalue weighted by atomic mass is 16.5. The first kappa shape index (κ1) is 20.0. The summed E-state index contributed by atoms with van der Waals surface area (Å²) in [6, 6.07) is 19.0. The molecule has 162 valence electrons. The number of carbonyl (C=O) groups is 1. The van der Waals surface area contributed by atoms with Crippen LogP contribution in [0.5, 0.6) is 5.75 Å². The van der Waals surface area contributed by atoms with Crippen LogP contribution < -0.4 is 10.1 Å². The number of ether oxygens (including phenoxy) is 1. The molecule has 0 unspecified atom stereocenters. The van der Waals surface area contributed by atoms with Crippen LogP contribution in [-0.2, 0) is 0 Å². The number of carbonyl (C=O) groups excluding carboxylic acids is 1. The largest absolute Gasteiger partial charge is 0.495 e. The van der Waals surface area contributed by atoms with Gasteiger partial charge in [0.15, 0.2) is 5.82 Å². The summed E-state index contributed by atoms with van der Waals surface area (Å²) < 4.78 is 10.8. The number of hydrogen-bond donors (Lipinski definition) is 1. The van der Waals surface area contributed by atoms with E-state index < -0.39 is 0 Å². The second-order valence-electron chi connectivity index (χ2n) is 7.74. The molecule has 3 heterocycles. The van der Waals surface area contributed by atoms with Crippen molar-refractivity contribution < 1.29 is 14.1 Å². The highest BCUT2D eigenvalue weighted by molar-refractivity contribution is 5.91. The Hall–Kier alpha value is -3.94. The summed E-state index contributed by atoms with van der Waals surface area (Å²) in [5.41, 5.74) is 2.21. The normalized spacial score (nSPS) is 14.5. The molecule has 1 saturated heterocycles. The van der Waals surface area contributed by atoms with E-state index in [2.05, 4.69) is 20.4 Å². The van der Waals surface area contributed by atoms with Gasteiger partial charge >= 0.3 is 6.03 Å². The number of fused-ring (bicyclic) bond motifs is 1. The number of piperidine rings is 1. The van der Waals surface area contributed by atoms with E-state index in [1.165, 1.54) is 0 Å². The zero-order valence-corrected chi connectivity index (χ0v) is 17.7. The molecule has 1 fully saturated rings. The fourth-order valence-corrected chi connectivity index (χ4v) is 3.97. The highest BCUT2D eigenvalue weighted by Gasteiger charge is 2.27. The molecule has 2 aromatic carbocycles. The quantitative estimate of drug-likeness (QED) is 0.505. The molecule has 0 aliphatic carbocycles. The molecule has 0 atom stereocenters. The molecule has 1 aliphatic rings. The maximum atomic E-state index is 12.7. The number of likely N-dealkylation sites (tertiary alicyclic amines) is 1. The smallest absolute Gasteiger partial charge is 0.321 e. The summed E-state index contributed by atoms with van der Waals surface area (Å²) in [6.45, 7) is 1.23. The molecule has 0 radical (unpaired) electrons. The van der Waals surface area contributed by atoms with Gasteiger partial charge in [-0.3, -0.25) is 0 Å². The van der Waals surface area contributed by atoms with E-state index in [1.807, 2.05) is 60.7 Å². The first-order chi connectivity index (χ1) is 15.7. The molecule has 5 rings (SSSR count). The van der Waals surface area contributed by atoms with E-state index >= 15 is 0 Å². The van der Waals surface area contributed by atoms with E-state index in [0.717, 1.165) is 23.7 Å². The summed E-state index contributed by atoms with van der Waals surface area (Å²) in [5, 5.41) is 8.19. The average Bonchev–Trinajstić information content (AvgIpc) is 3.34. The van der Waals surface area contributed by atoms with Crippen molar-refractivity contribution in [3.63, 3.8) is 0 Å². The Morgan fingerprint density at radius 3 is 2.66 bits per heavy atom. The number of anilines is 1. The molecule has 0 saturated carbocycles. The Bertz CT molecular complexity index is 1250. The van der Waals surface area contributed by atoms with Gasteiger partial charge in [0.2, 0.25) is 0 Å². The third-order valence-corrected chi connectivity index (χ3v) is 5.76. The predicted molar refractivity (Wildman–Crippen MR) is 121 cm³/mol. The summed E-state index contributed by atoms with van der Waals surface area (Å²) >= 11 is 0. The van der Waals surface area contributed by atoms with E-state index in [9.17, 15) is 4.79 Å². The minimum atomic E-state index is -0.137. The van der Waals surface area contributed by atoms with Crippen LogP contribution in [0.3, 0.4) is 0 Å². The standard InChI is InChI=1S/C24H23N5O3/c1-31-21-9-5-4-8-19(21)26-24(30)29-14-12-17(13-15-29)22-27-23(32-28-22)20-11-10-16-6-2-3-7-18(16)25-20/h2-11,17H,12-15H2,1H3,(H,26,30). The number of amides is 2. The number of urea groups is 1. The number of methoxy groups -OCH3 is 1. The summed E-state index contributed by atoms with van der Waals surface area (Å²) in [6.07, 6.45) is 1.53. The fourth-order valence-electron chi connectivity index (χ4n) is 3.97. The molecular weight excluding hydrogens is 406 g/mol. The minimum Gasteiger partial charge on any atom is -0.495 e. The average molecular weight is 429 g/mol. The monoisotopic (exact) mass is 429 g/mol. The van der Waals surface area contributed by atoms with Gasteiger partial charge in [-0.1, -0.05) is 41.6 Å². The number of aromatic nitrogens is 3. The number of pyridine rings is 1. The third kappa shape index (κ3) is 3.99. The van der Waals surface area contributed by atoms with Gasteiger partial charge in [0.1, 0.15) is 11.4 Å².